The van der Waals surface area contributed by atoms with Crippen molar-refractivity contribution in [1.29, 1.82) is 0 Å². The van der Waals surface area contributed by atoms with Crippen LogP contribution < -0.4 is 14.8 Å². The molecule has 2 N–H and O–H groups in total. The Morgan fingerprint density at radius 1 is 1.16 bits per heavy atom. The first-order valence-electron chi connectivity index (χ1n) is 12.2. The van der Waals surface area contributed by atoms with E-state index in [-0.39, 0.29) is 51.4 Å². The molecule has 0 fully saturated rings. The Hall–Kier alpha value is -3.33. The molecule has 0 aliphatic carbocycles. The number of hydrogen-bond donors (Lipinski definition) is 2. The van der Waals surface area contributed by atoms with Gasteiger partial charge in [-0.05, 0) is 38.0 Å². The lowest BCUT2D eigenvalue weighted by molar-refractivity contribution is -0.149. The fourth-order valence-corrected chi connectivity index (χ4v) is 3.52. The van der Waals surface area contributed by atoms with Crippen molar-refractivity contribution in [3.8, 4) is 23.8 Å². The minimum absolute atomic E-state index is 0.0359. The molecule has 0 spiro atoms. The molecular formula is C26H35ClN4O7. The van der Waals surface area contributed by atoms with Gasteiger partial charge in [0.25, 0.3) is 0 Å². The lowest BCUT2D eigenvalue weighted by Crippen LogP contribution is -2.37. The summed E-state index contributed by atoms with van der Waals surface area (Å²) in [5.41, 5.74) is 1.22. The van der Waals surface area contributed by atoms with Crippen molar-refractivity contribution < 1.29 is 33.6 Å². The van der Waals surface area contributed by atoms with E-state index in [9.17, 15) is 9.59 Å². The fraction of sp³-hybridized carbons (Fsp3) is 0.538. The molecule has 0 aliphatic heterocycles. The maximum atomic E-state index is 12.5. The Morgan fingerprint density at radius 2 is 1.89 bits per heavy atom. The van der Waals surface area contributed by atoms with Crippen LogP contribution in [0.5, 0.6) is 11.5 Å². The summed E-state index contributed by atoms with van der Waals surface area (Å²) in [5, 5.41) is 18.7. The van der Waals surface area contributed by atoms with Gasteiger partial charge in [0.1, 0.15) is 42.4 Å². The Kier molecular flexibility index (Phi) is 13.4. The molecule has 0 saturated carbocycles. The third-order valence-corrected chi connectivity index (χ3v) is 5.37. The number of esters is 1. The molecule has 12 heteroatoms. The minimum atomic E-state index is -0.841. The number of ether oxygens (including phenoxy) is 4. The minimum Gasteiger partial charge on any atom is -0.487 e. The number of halogens is 1. The van der Waals surface area contributed by atoms with E-state index in [1.165, 1.54) is 0 Å². The van der Waals surface area contributed by atoms with Crippen LogP contribution in [0.3, 0.4) is 0 Å². The van der Waals surface area contributed by atoms with Gasteiger partial charge < -0.3 is 29.4 Å². The van der Waals surface area contributed by atoms with Gasteiger partial charge >= 0.3 is 5.97 Å². The van der Waals surface area contributed by atoms with Crippen LogP contribution in [0.2, 0.25) is 0 Å². The maximum absolute atomic E-state index is 12.5. The fourth-order valence-electron chi connectivity index (χ4n) is 3.19. The number of aliphatic hydroxyl groups is 1. The highest BCUT2D eigenvalue weighted by molar-refractivity contribution is 6.30. The standard InChI is InChI=1S/C26H35ClN4O7/c1-5-8-36-22-12-20(16-38-26(34)19(4)11-24(27)25(33)28-18(2)3)13-23(14-22)37-17-21-15-31(30-29-21)6-9-35-10-7-32/h1,12-15,18-19,24,32H,6-11,16-17H2,2-4H3,(H,28,33). The number of benzene rings is 1. The van der Waals surface area contributed by atoms with Crippen LogP contribution in [0.25, 0.3) is 0 Å². The van der Waals surface area contributed by atoms with E-state index in [0.717, 1.165) is 0 Å². The second-order valence-electron chi connectivity index (χ2n) is 8.78. The summed E-state index contributed by atoms with van der Waals surface area (Å²) in [6.07, 6.45) is 7.18. The van der Waals surface area contributed by atoms with E-state index in [0.29, 0.717) is 35.9 Å². The van der Waals surface area contributed by atoms with Crippen molar-refractivity contribution in [1.82, 2.24) is 20.3 Å². The Balaban J connectivity index is 1.96. The van der Waals surface area contributed by atoms with Crippen molar-refractivity contribution >= 4 is 23.5 Å². The third kappa shape index (κ3) is 11.4. The largest absolute Gasteiger partial charge is 0.487 e. The van der Waals surface area contributed by atoms with Crippen LogP contribution in [0.4, 0.5) is 0 Å². The van der Waals surface area contributed by atoms with Crippen LogP contribution in [0.1, 0.15) is 38.4 Å². The molecule has 2 aromatic rings. The molecule has 1 aromatic heterocycles. The molecule has 1 aromatic carbocycles. The third-order valence-electron chi connectivity index (χ3n) is 4.99. The van der Waals surface area contributed by atoms with Gasteiger partial charge in [0.15, 0.2) is 0 Å². The number of aromatic nitrogens is 3. The number of carbonyl (C=O) groups is 2. The molecule has 38 heavy (non-hydrogen) atoms. The van der Waals surface area contributed by atoms with Crippen LogP contribution in [-0.4, -0.2) is 69.8 Å². The van der Waals surface area contributed by atoms with Crippen molar-refractivity contribution in [3.63, 3.8) is 0 Å². The highest BCUT2D eigenvalue weighted by atomic mass is 35.5. The zero-order valence-corrected chi connectivity index (χ0v) is 22.6. The highest BCUT2D eigenvalue weighted by Crippen LogP contribution is 2.25. The predicted octanol–water partition coefficient (Wildman–Crippen LogP) is 2.08. The summed E-state index contributed by atoms with van der Waals surface area (Å²) >= 11 is 6.15. The number of nitrogens with one attached hydrogen (secondary N) is 1. The number of rotatable bonds is 17. The van der Waals surface area contributed by atoms with Gasteiger partial charge in [0.2, 0.25) is 5.91 Å². The van der Waals surface area contributed by atoms with E-state index in [1.54, 1.807) is 36.0 Å². The molecule has 2 unspecified atom stereocenters. The van der Waals surface area contributed by atoms with Crippen LogP contribution in [0.15, 0.2) is 24.4 Å². The SMILES string of the molecule is C#CCOc1cc(COC(=O)C(C)CC(Cl)C(=O)NC(C)C)cc(OCc2cn(CCOCCO)nn2)c1. The Morgan fingerprint density at radius 3 is 2.58 bits per heavy atom. The number of carbonyl (C=O) groups excluding carboxylic acids is 2. The number of terminal acetylenes is 1. The number of aliphatic hydroxyl groups excluding tert-OH is 1. The Labute approximate surface area is 227 Å². The van der Waals surface area contributed by atoms with Gasteiger partial charge in [-0.15, -0.1) is 23.1 Å². The number of alkyl halides is 1. The smallest absolute Gasteiger partial charge is 0.309 e. The molecule has 2 rings (SSSR count). The van der Waals surface area contributed by atoms with Gasteiger partial charge in [-0.25, -0.2) is 4.68 Å². The van der Waals surface area contributed by atoms with E-state index < -0.39 is 17.3 Å². The average Bonchev–Trinajstić information content (AvgIpc) is 3.34. The molecule has 2 atom stereocenters. The molecule has 0 saturated heterocycles. The van der Waals surface area contributed by atoms with Crippen LogP contribution in [0, 0.1) is 18.3 Å². The second-order valence-corrected chi connectivity index (χ2v) is 9.31. The molecule has 208 valence electrons. The van der Waals surface area contributed by atoms with E-state index >= 15 is 0 Å². The van der Waals surface area contributed by atoms with E-state index in [2.05, 4.69) is 21.5 Å². The average molecular weight is 551 g/mol. The number of hydrogen-bond acceptors (Lipinski definition) is 9. The summed E-state index contributed by atoms with van der Waals surface area (Å²) < 4.78 is 23.7. The first-order valence-corrected chi connectivity index (χ1v) is 12.7. The highest BCUT2D eigenvalue weighted by Gasteiger charge is 2.24. The van der Waals surface area contributed by atoms with Crippen molar-refractivity contribution in [2.75, 3.05) is 26.4 Å². The molecule has 1 amide bonds. The zero-order valence-electron chi connectivity index (χ0n) is 21.9. The lowest BCUT2D eigenvalue weighted by Gasteiger charge is -2.17. The first kappa shape index (κ1) is 30.9. The summed E-state index contributed by atoms with van der Waals surface area (Å²) in [7, 11) is 0. The monoisotopic (exact) mass is 550 g/mol. The van der Waals surface area contributed by atoms with Gasteiger partial charge in [0.05, 0.1) is 38.5 Å². The van der Waals surface area contributed by atoms with Crippen molar-refractivity contribution in [2.45, 2.75) is 58.4 Å². The molecular weight excluding hydrogens is 516 g/mol. The lowest BCUT2D eigenvalue weighted by atomic mass is 10.1. The summed E-state index contributed by atoms with van der Waals surface area (Å²) in [4.78, 5) is 24.6. The molecule has 11 nitrogen and oxygen atoms in total. The first-order chi connectivity index (χ1) is 18.2. The maximum Gasteiger partial charge on any atom is 0.309 e. The van der Waals surface area contributed by atoms with Gasteiger partial charge in [-0.1, -0.05) is 18.1 Å². The van der Waals surface area contributed by atoms with E-state index in [4.69, 9.17) is 42.1 Å². The summed E-state index contributed by atoms with van der Waals surface area (Å²) in [5.74, 6) is 1.94. The van der Waals surface area contributed by atoms with Gasteiger partial charge in [-0.2, -0.15) is 0 Å². The van der Waals surface area contributed by atoms with Gasteiger partial charge in [-0.3, -0.25) is 9.59 Å². The predicted molar refractivity (Wildman–Crippen MR) is 140 cm³/mol. The molecule has 0 aliphatic rings. The number of amides is 1. The summed E-state index contributed by atoms with van der Waals surface area (Å²) in [6.45, 7) is 6.60. The van der Waals surface area contributed by atoms with E-state index in [1.807, 2.05) is 13.8 Å². The Bertz CT molecular complexity index is 1070. The van der Waals surface area contributed by atoms with Crippen LogP contribution in [-0.2, 0) is 38.8 Å². The quantitative estimate of drug-likeness (QED) is 0.131. The molecule has 1 heterocycles. The van der Waals surface area contributed by atoms with Crippen molar-refractivity contribution in [3.05, 3.63) is 35.7 Å². The normalized spacial score (nSPS) is 12.4. The topological polar surface area (TPSA) is 134 Å². The van der Waals surface area contributed by atoms with Crippen molar-refractivity contribution in [2.24, 2.45) is 5.92 Å². The van der Waals surface area contributed by atoms with Crippen LogP contribution >= 0.6 is 11.6 Å². The molecule has 0 bridgehead atoms. The molecule has 0 radical (unpaired) electrons. The van der Waals surface area contributed by atoms with Gasteiger partial charge in [0, 0.05) is 12.1 Å². The zero-order chi connectivity index (χ0) is 27.9. The number of nitrogens with zero attached hydrogens (tertiary/aromatic N) is 3. The summed E-state index contributed by atoms with van der Waals surface area (Å²) in [6, 6.07) is 5.04. The second kappa shape index (κ2) is 16.5.